The predicted molar refractivity (Wildman–Crippen MR) is 69.1 cm³/mol. The molecule has 1 rings (SSSR count). The number of pyridine rings is 1. The molecule has 0 fully saturated rings. The average molecular weight is 250 g/mol. The monoisotopic (exact) mass is 250 g/mol. The molecular formula is C12H18N4O2. The van der Waals surface area contributed by atoms with Crippen molar-refractivity contribution in [2.45, 2.75) is 26.3 Å². The molecule has 0 saturated heterocycles. The summed E-state index contributed by atoms with van der Waals surface area (Å²) in [6, 6.07) is 1.78. The van der Waals surface area contributed by atoms with Crippen molar-refractivity contribution in [3.63, 3.8) is 0 Å². The van der Waals surface area contributed by atoms with Gasteiger partial charge in [-0.2, -0.15) is 0 Å². The zero-order chi connectivity index (χ0) is 13.5. The topological polar surface area (TPSA) is 97.1 Å². The summed E-state index contributed by atoms with van der Waals surface area (Å²) in [6.07, 6.45) is 3.29. The number of primary amides is 1. The number of amides is 2. The van der Waals surface area contributed by atoms with Crippen LogP contribution in [0.25, 0.3) is 0 Å². The van der Waals surface area contributed by atoms with E-state index < -0.39 is 5.91 Å². The Kier molecular flexibility index (Phi) is 5.10. The fourth-order valence-electron chi connectivity index (χ4n) is 1.45. The molecule has 2 amide bonds. The van der Waals surface area contributed by atoms with E-state index >= 15 is 0 Å². The number of hydrogen-bond acceptors (Lipinski definition) is 4. The van der Waals surface area contributed by atoms with E-state index in [1.54, 1.807) is 12.3 Å². The number of hydrogen-bond donors (Lipinski definition) is 3. The van der Waals surface area contributed by atoms with Crippen LogP contribution in [0.4, 0.5) is 5.69 Å². The Morgan fingerprint density at radius 3 is 2.78 bits per heavy atom. The van der Waals surface area contributed by atoms with Crippen molar-refractivity contribution >= 4 is 17.5 Å². The average Bonchev–Trinajstić information content (AvgIpc) is 2.28. The minimum atomic E-state index is -0.544. The summed E-state index contributed by atoms with van der Waals surface area (Å²) in [5, 5.41) is 5.78. The lowest BCUT2D eigenvalue weighted by molar-refractivity contribution is -0.121. The first-order valence-electron chi connectivity index (χ1n) is 5.77. The Morgan fingerprint density at radius 2 is 2.17 bits per heavy atom. The van der Waals surface area contributed by atoms with Crippen LogP contribution in [0.2, 0.25) is 0 Å². The molecule has 1 aromatic heterocycles. The quantitative estimate of drug-likeness (QED) is 0.685. The van der Waals surface area contributed by atoms with Gasteiger partial charge in [0.15, 0.2) is 0 Å². The molecule has 0 unspecified atom stereocenters. The second-order valence-electron chi connectivity index (χ2n) is 4.18. The molecule has 0 aliphatic heterocycles. The molecule has 0 aromatic carbocycles. The van der Waals surface area contributed by atoms with Gasteiger partial charge in [0.05, 0.1) is 11.3 Å². The lowest BCUT2D eigenvalue weighted by atomic mass is 10.2. The van der Waals surface area contributed by atoms with Gasteiger partial charge in [0.2, 0.25) is 5.91 Å². The molecule has 0 aliphatic carbocycles. The van der Waals surface area contributed by atoms with Crippen LogP contribution in [-0.2, 0) is 4.79 Å². The third kappa shape index (κ3) is 4.40. The van der Waals surface area contributed by atoms with Crippen molar-refractivity contribution in [1.29, 1.82) is 0 Å². The van der Waals surface area contributed by atoms with Gasteiger partial charge in [-0.15, -0.1) is 0 Å². The summed E-state index contributed by atoms with van der Waals surface area (Å²) in [5.41, 5.74) is 6.13. The standard InChI is InChI=1S/C12H18N4O2/c1-8(2)16-11(17)4-6-15-10-3-5-14-7-9(10)12(13)18/h3,5,7-8H,4,6H2,1-2H3,(H2,13,18)(H,14,15)(H,16,17). The highest BCUT2D eigenvalue weighted by molar-refractivity contribution is 5.98. The molecule has 98 valence electrons. The van der Waals surface area contributed by atoms with E-state index in [2.05, 4.69) is 15.6 Å². The maximum Gasteiger partial charge on any atom is 0.252 e. The molecule has 6 heteroatoms. The van der Waals surface area contributed by atoms with Gasteiger partial charge in [-0.25, -0.2) is 0 Å². The summed E-state index contributed by atoms with van der Waals surface area (Å²) in [4.78, 5) is 26.4. The highest BCUT2D eigenvalue weighted by Crippen LogP contribution is 2.12. The van der Waals surface area contributed by atoms with Gasteiger partial charge in [0.1, 0.15) is 0 Å². The summed E-state index contributed by atoms with van der Waals surface area (Å²) < 4.78 is 0. The van der Waals surface area contributed by atoms with Crippen LogP contribution in [-0.4, -0.2) is 29.4 Å². The second-order valence-corrected chi connectivity index (χ2v) is 4.18. The predicted octanol–water partition coefficient (Wildman–Crippen LogP) is 0.507. The van der Waals surface area contributed by atoms with Gasteiger partial charge in [0.25, 0.3) is 5.91 Å². The number of carbonyl (C=O) groups is 2. The van der Waals surface area contributed by atoms with Gasteiger partial charge in [0, 0.05) is 31.4 Å². The molecule has 0 aliphatic rings. The van der Waals surface area contributed by atoms with Crippen LogP contribution in [0.3, 0.4) is 0 Å². The molecule has 0 radical (unpaired) electrons. The molecule has 0 spiro atoms. The zero-order valence-corrected chi connectivity index (χ0v) is 10.6. The first kappa shape index (κ1) is 14.0. The largest absolute Gasteiger partial charge is 0.384 e. The first-order chi connectivity index (χ1) is 8.50. The van der Waals surface area contributed by atoms with Crippen LogP contribution in [0.1, 0.15) is 30.6 Å². The van der Waals surface area contributed by atoms with Crippen molar-refractivity contribution in [3.05, 3.63) is 24.0 Å². The van der Waals surface area contributed by atoms with Crippen molar-refractivity contribution in [3.8, 4) is 0 Å². The lowest BCUT2D eigenvalue weighted by Gasteiger charge is -2.11. The molecule has 0 bridgehead atoms. The Hall–Kier alpha value is -2.11. The normalized spacial score (nSPS) is 10.2. The molecule has 0 saturated carbocycles. The Bertz CT molecular complexity index is 432. The smallest absolute Gasteiger partial charge is 0.252 e. The fourth-order valence-corrected chi connectivity index (χ4v) is 1.45. The van der Waals surface area contributed by atoms with Crippen LogP contribution >= 0.6 is 0 Å². The maximum absolute atomic E-state index is 11.4. The number of aromatic nitrogens is 1. The van der Waals surface area contributed by atoms with Gasteiger partial charge in [-0.3, -0.25) is 14.6 Å². The molecule has 1 aromatic rings. The molecule has 0 atom stereocenters. The summed E-state index contributed by atoms with van der Waals surface area (Å²) >= 11 is 0. The van der Waals surface area contributed by atoms with Gasteiger partial charge < -0.3 is 16.4 Å². The molecule has 4 N–H and O–H groups in total. The molecular weight excluding hydrogens is 232 g/mol. The molecule has 6 nitrogen and oxygen atoms in total. The third-order valence-electron chi connectivity index (χ3n) is 2.20. The van der Waals surface area contributed by atoms with Crippen LogP contribution in [0.5, 0.6) is 0 Å². The van der Waals surface area contributed by atoms with Crippen LogP contribution in [0, 0.1) is 0 Å². The first-order valence-corrected chi connectivity index (χ1v) is 5.77. The van der Waals surface area contributed by atoms with E-state index in [4.69, 9.17) is 5.73 Å². The van der Waals surface area contributed by atoms with Crippen LogP contribution < -0.4 is 16.4 Å². The number of carbonyl (C=O) groups excluding carboxylic acids is 2. The molecule has 18 heavy (non-hydrogen) atoms. The molecule has 1 heterocycles. The number of rotatable bonds is 6. The number of anilines is 1. The van der Waals surface area contributed by atoms with E-state index in [-0.39, 0.29) is 11.9 Å². The highest BCUT2D eigenvalue weighted by atomic mass is 16.2. The van der Waals surface area contributed by atoms with E-state index in [0.29, 0.717) is 24.2 Å². The van der Waals surface area contributed by atoms with Crippen molar-refractivity contribution in [1.82, 2.24) is 10.3 Å². The fraction of sp³-hybridized carbons (Fsp3) is 0.417. The maximum atomic E-state index is 11.4. The Balaban J connectivity index is 2.49. The van der Waals surface area contributed by atoms with Crippen molar-refractivity contribution in [2.24, 2.45) is 5.73 Å². The number of nitrogens with zero attached hydrogens (tertiary/aromatic N) is 1. The minimum absolute atomic E-state index is 0.0350. The van der Waals surface area contributed by atoms with Crippen molar-refractivity contribution < 1.29 is 9.59 Å². The van der Waals surface area contributed by atoms with Gasteiger partial charge >= 0.3 is 0 Å². The number of nitrogens with two attached hydrogens (primary N) is 1. The SMILES string of the molecule is CC(C)NC(=O)CCNc1ccncc1C(N)=O. The van der Waals surface area contributed by atoms with Gasteiger partial charge in [-0.1, -0.05) is 0 Å². The lowest BCUT2D eigenvalue weighted by Crippen LogP contribution is -2.31. The van der Waals surface area contributed by atoms with Crippen LogP contribution in [0.15, 0.2) is 18.5 Å². The minimum Gasteiger partial charge on any atom is -0.384 e. The zero-order valence-electron chi connectivity index (χ0n) is 10.6. The Labute approximate surface area is 106 Å². The summed E-state index contributed by atoms with van der Waals surface area (Å²) in [6.45, 7) is 4.24. The summed E-state index contributed by atoms with van der Waals surface area (Å²) in [7, 11) is 0. The van der Waals surface area contributed by atoms with E-state index in [0.717, 1.165) is 0 Å². The Morgan fingerprint density at radius 1 is 1.44 bits per heavy atom. The van der Waals surface area contributed by atoms with E-state index in [1.165, 1.54) is 6.20 Å². The highest BCUT2D eigenvalue weighted by Gasteiger charge is 2.08. The number of nitrogens with one attached hydrogen (secondary N) is 2. The second kappa shape index (κ2) is 6.58. The van der Waals surface area contributed by atoms with E-state index in [9.17, 15) is 9.59 Å². The van der Waals surface area contributed by atoms with E-state index in [1.807, 2.05) is 13.8 Å². The van der Waals surface area contributed by atoms with Gasteiger partial charge in [-0.05, 0) is 19.9 Å². The van der Waals surface area contributed by atoms with Crippen molar-refractivity contribution in [2.75, 3.05) is 11.9 Å². The third-order valence-corrected chi connectivity index (χ3v) is 2.20. The summed E-state index contributed by atoms with van der Waals surface area (Å²) in [5.74, 6) is -0.579.